The largest absolute Gasteiger partial charge is 0.463 e. The molecule has 2 aromatic rings. The second kappa shape index (κ2) is 24.2. The Labute approximate surface area is 346 Å². The lowest BCUT2D eigenvalue weighted by molar-refractivity contribution is -0.308. The van der Waals surface area contributed by atoms with Crippen molar-refractivity contribution >= 4 is 35.9 Å². The SMILES string of the molecule is CCCCCCCCCCCCNC(=O)[C@H](CO[C@H]1O[C@H](COC(C)=O)[C@H](OC(C)=O)[C@H](OC(C)=O)[C@H]1OC(C)=O)NC(=O)OCC1c2ccccc2-c2ccccc21. The summed E-state index contributed by atoms with van der Waals surface area (Å²) >= 11 is 0. The van der Waals surface area contributed by atoms with E-state index in [-0.39, 0.29) is 12.5 Å². The van der Waals surface area contributed by atoms with E-state index in [0.29, 0.717) is 6.54 Å². The van der Waals surface area contributed by atoms with E-state index in [0.717, 1.165) is 75.6 Å². The van der Waals surface area contributed by atoms with Gasteiger partial charge in [-0.2, -0.15) is 0 Å². The second-order valence-corrected chi connectivity index (χ2v) is 14.9. The Morgan fingerprint density at radius 1 is 0.627 bits per heavy atom. The van der Waals surface area contributed by atoms with Gasteiger partial charge in [-0.1, -0.05) is 113 Å². The minimum Gasteiger partial charge on any atom is -0.463 e. The molecule has 59 heavy (non-hydrogen) atoms. The molecule has 0 unspecified atom stereocenters. The molecule has 15 heteroatoms. The van der Waals surface area contributed by atoms with Crippen LogP contribution in [0, 0.1) is 0 Å². The van der Waals surface area contributed by atoms with Gasteiger partial charge in [-0.05, 0) is 28.7 Å². The van der Waals surface area contributed by atoms with Gasteiger partial charge in [0.25, 0.3) is 0 Å². The Hall–Kier alpha value is -5.02. The molecule has 2 N–H and O–H groups in total. The zero-order valence-corrected chi connectivity index (χ0v) is 34.9. The van der Waals surface area contributed by atoms with Crippen LogP contribution in [-0.4, -0.2) is 99.0 Å². The van der Waals surface area contributed by atoms with Crippen molar-refractivity contribution in [1.82, 2.24) is 10.6 Å². The van der Waals surface area contributed by atoms with Crippen molar-refractivity contribution in [3.8, 4) is 11.1 Å². The van der Waals surface area contributed by atoms with Crippen molar-refractivity contribution in [3.63, 3.8) is 0 Å². The van der Waals surface area contributed by atoms with Crippen molar-refractivity contribution in [1.29, 1.82) is 0 Å². The van der Waals surface area contributed by atoms with E-state index in [1.807, 2.05) is 48.5 Å². The molecule has 0 spiro atoms. The zero-order valence-electron chi connectivity index (χ0n) is 34.9. The smallest absolute Gasteiger partial charge is 0.407 e. The van der Waals surface area contributed by atoms with Gasteiger partial charge in [0.05, 0.1) is 6.61 Å². The number of hydrogen-bond acceptors (Lipinski definition) is 13. The van der Waals surface area contributed by atoms with Gasteiger partial charge < -0.3 is 43.8 Å². The molecule has 1 heterocycles. The Morgan fingerprint density at radius 2 is 1.15 bits per heavy atom. The van der Waals surface area contributed by atoms with Gasteiger partial charge in [-0.3, -0.25) is 24.0 Å². The highest BCUT2D eigenvalue weighted by molar-refractivity contribution is 5.86. The van der Waals surface area contributed by atoms with E-state index in [4.69, 9.17) is 33.2 Å². The van der Waals surface area contributed by atoms with Crippen molar-refractivity contribution in [3.05, 3.63) is 59.7 Å². The summed E-state index contributed by atoms with van der Waals surface area (Å²) in [5.41, 5.74) is 4.14. The molecule has 0 bridgehead atoms. The number of fused-ring (bicyclic) bond motifs is 3. The second-order valence-electron chi connectivity index (χ2n) is 14.9. The number of alkyl carbamates (subject to hydrolysis) is 1. The number of nitrogens with one attached hydrogen (secondary N) is 2. The molecule has 1 aliphatic heterocycles. The number of carbonyl (C=O) groups excluding carboxylic acids is 6. The highest BCUT2D eigenvalue weighted by Gasteiger charge is 2.53. The molecule has 0 radical (unpaired) electrons. The van der Waals surface area contributed by atoms with Crippen molar-refractivity contribution in [2.24, 2.45) is 0 Å². The first-order valence-corrected chi connectivity index (χ1v) is 20.7. The number of unbranched alkanes of at least 4 members (excludes halogenated alkanes) is 9. The third-order valence-corrected chi connectivity index (χ3v) is 10.2. The summed E-state index contributed by atoms with van der Waals surface area (Å²) in [6.45, 7) is 6.05. The normalized spacial score (nSPS) is 20.0. The first kappa shape index (κ1) is 46.7. The van der Waals surface area contributed by atoms with E-state index in [1.165, 1.54) is 38.5 Å². The van der Waals surface area contributed by atoms with Crippen molar-refractivity contribution in [2.45, 2.75) is 141 Å². The van der Waals surface area contributed by atoms with Gasteiger partial charge in [-0.15, -0.1) is 0 Å². The number of esters is 4. The summed E-state index contributed by atoms with van der Waals surface area (Å²) in [6.07, 6.45) is 3.13. The van der Waals surface area contributed by atoms with Gasteiger partial charge in [0.15, 0.2) is 24.6 Å². The maximum Gasteiger partial charge on any atom is 0.407 e. The lowest BCUT2D eigenvalue weighted by Crippen LogP contribution is -2.63. The average Bonchev–Trinajstić information content (AvgIpc) is 3.51. The molecule has 4 rings (SSSR count). The molecule has 6 atom stereocenters. The molecule has 0 saturated carbocycles. The number of carbonyl (C=O) groups is 6. The van der Waals surface area contributed by atoms with E-state index >= 15 is 0 Å². The number of amides is 2. The van der Waals surface area contributed by atoms with Crippen LogP contribution in [0.25, 0.3) is 11.1 Å². The average molecular weight is 825 g/mol. The fourth-order valence-corrected chi connectivity index (χ4v) is 7.43. The first-order valence-electron chi connectivity index (χ1n) is 20.7. The van der Waals surface area contributed by atoms with Gasteiger partial charge in [0.1, 0.15) is 25.4 Å². The Morgan fingerprint density at radius 3 is 1.71 bits per heavy atom. The predicted molar refractivity (Wildman–Crippen MR) is 215 cm³/mol. The molecule has 1 saturated heterocycles. The molecule has 2 aromatic carbocycles. The minimum atomic E-state index is -1.56. The highest BCUT2D eigenvalue weighted by Crippen LogP contribution is 2.44. The molecule has 2 amide bonds. The molecular formula is C44H60N2O13. The quantitative estimate of drug-likeness (QED) is 0.0751. The fraction of sp³-hybridized carbons (Fsp3) is 0.591. The fourth-order valence-electron chi connectivity index (χ4n) is 7.43. The van der Waals surface area contributed by atoms with E-state index in [2.05, 4.69) is 17.6 Å². The molecule has 2 aliphatic rings. The Balaban J connectivity index is 1.48. The van der Waals surface area contributed by atoms with Gasteiger partial charge >= 0.3 is 30.0 Å². The molecule has 15 nitrogen and oxygen atoms in total. The summed E-state index contributed by atoms with van der Waals surface area (Å²) in [5.74, 6) is -3.88. The summed E-state index contributed by atoms with van der Waals surface area (Å²) in [7, 11) is 0. The molecule has 1 fully saturated rings. The monoisotopic (exact) mass is 824 g/mol. The third kappa shape index (κ3) is 14.6. The lowest BCUT2D eigenvalue weighted by Gasteiger charge is -2.44. The van der Waals surface area contributed by atoms with Crippen molar-refractivity contribution < 1.29 is 61.9 Å². The van der Waals surface area contributed by atoms with Crippen LogP contribution in [-0.2, 0) is 57.1 Å². The van der Waals surface area contributed by atoms with Crippen LogP contribution in [0.2, 0.25) is 0 Å². The summed E-state index contributed by atoms with van der Waals surface area (Å²) < 4.78 is 39.4. The van der Waals surface area contributed by atoms with Gasteiger partial charge in [0, 0.05) is 40.2 Å². The number of rotatable bonds is 23. The summed E-state index contributed by atoms with van der Waals surface area (Å²) in [4.78, 5) is 75.7. The topological polar surface area (TPSA) is 191 Å². The number of ether oxygens (including phenoxy) is 7. The minimum absolute atomic E-state index is 0.00659. The van der Waals surface area contributed by atoms with Gasteiger partial charge in [0.2, 0.25) is 5.91 Å². The van der Waals surface area contributed by atoms with E-state index < -0.39 is 85.8 Å². The molecule has 0 aromatic heterocycles. The summed E-state index contributed by atoms with van der Waals surface area (Å²) in [5, 5.41) is 5.49. The van der Waals surface area contributed by atoms with Crippen molar-refractivity contribution in [2.75, 3.05) is 26.4 Å². The van der Waals surface area contributed by atoms with Crippen LogP contribution >= 0.6 is 0 Å². The zero-order chi connectivity index (χ0) is 42.7. The van der Waals surface area contributed by atoms with Crippen LogP contribution < -0.4 is 10.6 Å². The van der Waals surface area contributed by atoms with Crippen LogP contribution in [0.3, 0.4) is 0 Å². The first-order chi connectivity index (χ1) is 28.4. The van der Waals surface area contributed by atoms with Crippen LogP contribution in [0.15, 0.2) is 48.5 Å². The molecular weight excluding hydrogens is 764 g/mol. The van der Waals surface area contributed by atoms with Crippen LogP contribution in [0.4, 0.5) is 4.79 Å². The lowest BCUT2D eigenvalue weighted by atomic mass is 9.98. The standard InChI is InChI=1S/C44H60N2O13/c1-6-7-8-9-10-11-12-13-14-19-24-45-42(51)37(46-44(52)55-25-36-34-22-17-15-20-32(34)33-21-16-18-23-35(33)36)26-54-43-41(58-31(5)50)40(57-30(4)49)39(56-29(3)48)38(59-43)27-53-28(2)47/h15-18,20-23,36-41,43H,6-14,19,24-27H2,1-5H3,(H,45,51)(H,46,52)/t37-,38+,39-,40-,41+,43-/m0/s1. The molecule has 324 valence electrons. The van der Waals surface area contributed by atoms with Crippen LogP contribution in [0.1, 0.15) is 116 Å². The predicted octanol–water partition coefficient (Wildman–Crippen LogP) is 6.03. The van der Waals surface area contributed by atoms with E-state index in [9.17, 15) is 28.8 Å². The maximum absolute atomic E-state index is 13.7. The molecule has 1 aliphatic carbocycles. The van der Waals surface area contributed by atoms with E-state index in [1.54, 1.807) is 0 Å². The third-order valence-electron chi connectivity index (χ3n) is 10.2. The Kier molecular flexibility index (Phi) is 19.1. The summed E-state index contributed by atoms with van der Waals surface area (Å²) in [6, 6.07) is 14.5. The highest BCUT2D eigenvalue weighted by atomic mass is 16.7. The van der Waals surface area contributed by atoms with Crippen LogP contribution in [0.5, 0.6) is 0 Å². The maximum atomic E-state index is 13.7. The Bertz CT molecular complexity index is 1670. The number of hydrogen-bond donors (Lipinski definition) is 2. The van der Waals surface area contributed by atoms with Gasteiger partial charge in [-0.25, -0.2) is 4.79 Å². The number of benzene rings is 2.